The number of benzene rings is 2. The fraction of sp³-hybridized carbons (Fsp3) is 0.429. The van der Waals surface area contributed by atoms with Crippen molar-refractivity contribution >= 4 is 0 Å². The molecule has 0 spiro atoms. The molecule has 0 aliphatic carbocycles. The molecule has 140 valence electrons. The van der Waals surface area contributed by atoms with Crippen molar-refractivity contribution in [3.05, 3.63) is 42.0 Å². The SMILES string of the molecule is COc1ccc(OC)c(-c2ccc(O)c(CN3CCCCC3CO)c2)c1. The molecule has 1 fully saturated rings. The van der Waals surface area contributed by atoms with E-state index >= 15 is 0 Å². The average Bonchev–Trinajstić information content (AvgIpc) is 2.69. The molecule has 1 atom stereocenters. The maximum atomic E-state index is 10.4. The first-order valence-electron chi connectivity index (χ1n) is 9.05. The number of ether oxygens (including phenoxy) is 2. The van der Waals surface area contributed by atoms with Crippen LogP contribution in [0.25, 0.3) is 11.1 Å². The first-order valence-corrected chi connectivity index (χ1v) is 9.05. The number of aliphatic hydroxyl groups is 1. The highest BCUT2D eigenvalue weighted by Gasteiger charge is 2.22. The Hall–Kier alpha value is -2.24. The van der Waals surface area contributed by atoms with E-state index in [0.717, 1.165) is 54.0 Å². The van der Waals surface area contributed by atoms with Gasteiger partial charge >= 0.3 is 0 Å². The largest absolute Gasteiger partial charge is 0.508 e. The predicted octanol–water partition coefficient (Wildman–Crippen LogP) is 3.42. The number of aliphatic hydroxyl groups excluding tert-OH is 1. The number of likely N-dealkylation sites (tertiary alicyclic amines) is 1. The smallest absolute Gasteiger partial charge is 0.126 e. The van der Waals surface area contributed by atoms with Gasteiger partial charge in [0.25, 0.3) is 0 Å². The molecule has 2 aromatic carbocycles. The molecule has 1 saturated heterocycles. The lowest BCUT2D eigenvalue weighted by Gasteiger charge is -2.34. The summed E-state index contributed by atoms with van der Waals surface area (Å²) in [6, 6.07) is 11.5. The van der Waals surface area contributed by atoms with Gasteiger partial charge in [-0.1, -0.05) is 12.5 Å². The van der Waals surface area contributed by atoms with Crippen molar-refractivity contribution in [2.75, 3.05) is 27.4 Å². The maximum Gasteiger partial charge on any atom is 0.126 e. The molecule has 0 bridgehead atoms. The van der Waals surface area contributed by atoms with Crippen LogP contribution in [0.5, 0.6) is 17.2 Å². The van der Waals surface area contributed by atoms with Gasteiger partial charge in [-0.15, -0.1) is 0 Å². The van der Waals surface area contributed by atoms with Crippen LogP contribution < -0.4 is 9.47 Å². The number of hydrogen-bond acceptors (Lipinski definition) is 5. The van der Waals surface area contributed by atoms with E-state index in [-0.39, 0.29) is 18.4 Å². The number of nitrogens with zero attached hydrogens (tertiary/aromatic N) is 1. The van der Waals surface area contributed by atoms with Gasteiger partial charge in [0.2, 0.25) is 0 Å². The van der Waals surface area contributed by atoms with Crippen LogP contribution in [0, 0.1) is 0 Å². The van der Waals surface area contributed by atoms with Gasteiger partial charge in [0.05, 0.1) is 20.8 Å². The lowest BCUT2D eigenvalue weighted by atomic mass is 9.98. The molecule has 1 aliphatic heterocycles. The van der Waals surface area contributed by atoms with Crippen molar-refractivity contribution in [1.82, 2.24) is 4.90 Å². The minimum atomic E-state index is 0.157. The van der Waals surface area contributed by atoms with Crippen LogP contribution in [0.15, 0.2) is 36.4 Å². The highest BCUT2D eigenvalue weighted by atomic mass is 16.5. The van der Waals surface area contributed by atoms with Crippen LogP contribution in [-0.4, -0.2) is 48.5 Å². The number of hydrogen-bond donors (Lipinski definition) is 2. The Bertz CT molecular complexity index is 747. The molecule has 0 radical (unpaired) electrons. The number of piperidine rings is 1. The summed E-state index contributed by atoms with van der Waals surface area (Å²) in [6.07, 6.45) is 3.27. The van der Waals surface area contributed by atoms with Crippen LogP contribution in [0.1, 0.15) is 24.8 Å². The first kappa shape index (κ1) is 18.5. The monoisotopic (exact) mass is 357 g/mol. The average molecular weight is 357 g/mol. The van der Waals surface area contributed by atoms with E-state index in [2.05, 4.69) is 4.90 Å². The molecule has 2 aromatic rings. The summed E-state index contributed by atoms with van der Waals surface area (Å²) >= 11 is 0. The van der Waals surface area contributed by atoms with Gasteiger partial charge in [0.15, 0.2) is 0 Å². The van der Waals surface area contributed by atoms with E-state index in [1.165, 1.54) is 0 Å². The van der Waals surface area contributed by atoms with Gasteiger partial charge in [0, 0.05) is 23.7 Å². The number of aromatic hydroxyl groups is 1. The van der Waals surface area contributed by atoms with Crippen LogP contribution in [-0.2, 0) is 6.54 Å². The fourth-order valence-electron chi connectivity index (χ4n) is 3.61. The summed E-state index contributed by atoms with van der Waals surface area (Å²) in [5.74, 6) is 1.79. The van der Waals surface area contributed by atoms with E-state index in [1.807, 2.05) is 30.3 Å². The zero-order valence-electron chi connectivity index (χ0n) is 15.4. The summed E-state index contributed by atoms with van der Waals surface area (Å²) in [5, 5.41) is 20.0. The second kappa shape index (κ2) is 8.43. The minimum Gasteiger partial charge on any atom is -0.508 e. The Morgan fingerprint density at radius 3 is 2.65 bits per heavy atom. The standard InChI is InChI=1S/C21H27NO4/c1-25-18-7-9-21(26-2)19(12-18)15-6-8-20(24)16(11-15)13-22-10-4-3-5-17(22)14-23/h6-9,11-12,17,23-24H,3-5,10,13-14H2,1-2H3. The van der Waals surface area contributed by atoms with Gasteiger partial charge in [-0.05, 0) is 55.3 Å². The van der Waals surface area contributed by atoms with E-state index in [4.69, 9.17) is 9.47 Å². The van der Waals surface area contributed by atoms with E-state index in [9.17, 15) is 10.2 Å². The van der Waals surface area contributed by atoms with Crippen LogP contribution in [0.4, 0.5) is 0 Å². The Morgan fingerprint density at radius 1 is 1.08 bits per heavy atom. The van der Waals surface area contributed by atoms with E-state index in [1.54, 1.807) is 20.3 Å². The van der Waals surface area contributed by atoms with Crippen molar-refractivity contribution < 1.29 is 19.7 Å². The highest BCUT2D eigenvalue weighted by Crippen LogP contribution is 2.36. The lowest BCUT2D eigenvalue weighted by Crippen LogP contribution is -2.41. The van der Waals surface area contributed by atoms with Crippen molar-refractivity contribution in [3.63, 3.8) is 0 Å². The second-order valence-electron chi connectivity index (χ2n) is 6.71. The Labute approximate surface area is 154 Å². The van der Waals surface area contributed by atoms with Crippen molar-refractivity contribution in [2.45, 2.75) is 31.8 Å². The topological polar surface area (TPSA) is 62.2 Å². The molecular formula is C21H27NO4. The Morgan fingerprint density at radius 2 is 1.92 bits per heavy atom. The molecule has 1 aliphatic rings. The Balaban J connectivity index is 1.93. The van der Waals surface area contributed by atoms with Crippen LogP contribution in [0.2, 0.25) is 0 Å². The van der Waals surface area contributed by atoms with E-state index < -0.39 is 0 Å². The van der Waals surface area contributed by atoms with Crippen molar-refractivity contribution in [2.24, 2.45) is 0 Å². The molecule has 1 heterocycles. The second-order valence-corrected chi connectivity index (χ2v) is 6.71. The quantitative estimate of drug-likeness (QED) is 0.829. The van der Waals surface area contributed by atoms with Gasteiger partial charge < -0.3 is 19.7 Å². The summed E-state index contributed by atoms with van der Waals surface area (Å²) < 4.78 is 10.8. The van der Waals surface area contributed by atoms with Gasteiger partial charge in [-0.2, -0.15) is 0 Å². The molecule has 2 N–H and O–H groups in total. The summed E-state index contributed by atoms with van der Waals surface area (Å²) in [4.78, 5) is 2.26. The predicted molar refractivity (Wildman–Crippen MR) is 102 cm³/mol. The third kappa shape index (κ3) is 3.94. The third-order valence-corrected chi connectivity index (χ3v) is 5.13. The van der Waals surface area contributed by atoms with Crippen LogP contribution in [0.3, 0.4) is 0 Å². The molecule has 5 nitrogen and oxygen atoms in total. The molecular weight excluding hydrogens is 330 g/mol. The molecule has 26 heavy (non-hydrogen) atoms. The zero-order valence-corrected chi connectivity index (χ0v) is 15.4. The number of rotatable bonds is 6. The normalized spacial score (nSPS) is 17.9. The Kier molecular flexibility index (Phi) is 6.01. The highest BCUT2D eigenvalue weighted by molar-refractivity contribution is 5.73. The third-order valence-electron chi connectivity index (χ3n) is 5.13. The summed E-state index contributed by atoms with van der Waals surface area (Å²) in [5.41, 5.74) is 2.74. The molecule has 0 saturated carbocycles. The van der Waals surface area contributed by atoms with Gasteiger partial charge in [0.1, 0.15) is 17.2 Å². The fourth-order valence-corrected chi connectivity index (χ4v) is 3.61. The zero-order chi connectivity index (χ0) is 18.5. The van der Waals surface area contributed by atoms with E-state index in [0.29, 0.717) is 6.54 Å². The summed E-state index contributed by atoms with van der Waals surface area (Å²) in [7, 11) is 3.28. The van der Waals surface area contributed by atoms with Crippen LogP contribution >= 0.6 is 0 Å². The maximum absolute atomic E-state index is 10.4. The van der Waals surface area contributed by atoms with Crippen molar-refractivity contribution in [3.8, 4) is 28.4 Å². The lowest BCUT2D eigenvalue weighted by molar-refractivity contribution is 0.0835. The molecule has 5 heteroatoms. The molecule has 0 aromatic heterocycles. The van der Waals surface area contributed by atoms with Crippen molar-refractivity contribution in [1.29, 1.82) is 0 Å². The molecule has 3 rings (SSSR count). The van der Waals surface area contributed by atoms with Gasteiger partial charge in [-0.25, -0.2) is 0 Å². The van der Waals surface area contributed by atoms with Gasteiger partial charge in [-0.3, -0.25) is 4.90 Å². The number of phenolic OH excluding ortho intramolecular Hbond substituents is 1. The molecule has 0 amide bonds. The summed E-state index contributed by atoms with van der Waals surface area (Å²) in [6.45, 7) is 1.72. The molecule has 1 unspecified atom stereocenters. The first-order chi connectivity index (χ1) is 12.7. The number of methoxy groups -OCH3 is 2. The number of phenols is 1. The minimum absolute atomic E-state index is 0.157.